The first-order valence-corrected chi connectivity index (χ1v) is 3.91. The van der Waals surface area contributed by atoms with E-state index in [1.54, 1.807) is 0 Å². The van der Waals surface area contributed by atoms with Crippen LogP contribution >= 0.6 is 0 Å². The van der Waals surface area contributed by atoms with Gasteiger partial charge >= 0.3 is 0 Å². The number of nitrogens with two attached hydrogens (primary N) is 3. The first kappa shape index (κ1) is 9.38. The van der Waals surface area contributed by atoms with Gasteiger partial charge in [0.05, 0.1) is 17.1 Å². The van der Waals surface area contributed by atoms with Crippen molar-refractivity contribution in [3.05, 3.63) is 11.1 Å². The highest BCUT2D eigenvalue weighted by molar-refractivity contribution is 5.90. The average Bonchev–Trinajstić information content (AvgIpc) is 2.13. The second-order valence-electron chi connectivity index (χ2n) is 3.00. The van der Waals surface area contributed by atoms with Gasteiger partial charge in [0.15, 0.2) is 0 Å². The van der Waals surface area contributed by atoms with E-state index in [0.717, 1.165) is 11.1 Å². The van der Waals surface area contributed by atoms with Gasteiger partial charge in [0.25, 0.3) is 0 Å². The molecule has 0 aliphatic heterocycles. The van der Waals surface area contributed by atoms with E-state index < -0.39 is 0 Å². The molecule has 0 amide bonds. The lowest BCUT2D eigenvalue weighted by molar-refractivity contribution is 1.34. The summed E-state index contributed by atoms with van der Waals surface area (Å²) in [5, 5.41) is 0. The van der Waals surface area contributed by atoms with Crippen LogP contribution in [-0.4, -0.2) is 6.72 Å². The lowest BCUT2D eigenvalue weighted by Crippen LogP contribution is -2.03. The lowest BCUT2D eigenvalue weighted by atomic mass is 10.0. The molecule has 0 aromatic heterocycles. The Hall–Kier alpha value is -1.71. The number of anilines is 3. The summed E-state index contributed by atoms with van der Waals surface area (Å²) in [5.41, 5.74) is 21.1. The number of rotatable bonds is 1. The van der Waals surface area contributed by atoms with Crippen molar-refractivity contribution in [3.63, 3.8) is 0 Å². The van der Waals surface area contributed by atoms with Crippen LogP contribution in [0.5, 0.6) is 0 Å². The molecular formula is C9H14N4. The standard InChI is InChI=1S/C9H14N4/c1-4-5(2)7(11)9(13-3)8(12)6(4)10/h3,10-12H2,1-2H3. The van der Waals surface area contributed by atoms with Crippen molar-refractivity contribution in [2.75, 3.05) is 17.2 Å². The van der Waals surface area contributed by atoms with Crippen LogP contribution in [0.2, 0.25) is 0 Å². The molecule has 0 aliphatic rings. The molecule has 70 valence electrons. The maximum atomic E-state index is 5.79. The Kier molecular flexibility index (Phi) is 2.14. The van der Waals surface area contributed by atoms with Crippen LogP contribution in [0.25, 0.3) is 0 Å². The van der Waals surface area contributed by atoms with E-state index in [-0.39, 0.29) is 0 Å². The number of benzene rings is 1. The number of aliphatic imine (C=N–C) groups is 1. The average molecular weight is 178 g/mol. The molecule has 6 N–H and O–H groups in total. The fourth-order valence-corrected chi connectivity index (χ4v) is 1.23. The minimum atomic E-state index is 0.413. The quantitative estimate of drug-likeness (QED) is 0.448. The van der Waals surface area contributed by atoms with Gasteiger partial charge in [-0.1, -0.05) is 0 Å². The Bertz CT molecular complexity index is 339. The topological polar surface area (TPSA) is 90.4 Å². The molecule has 0 radical (unpaired) electrons. The molecule has 0 saturated heterocycles. The zero-order valence-electron chi connectivity index (χ0n) is 7.89. The first-order valence-electron chi connectivity index (χ1n) is 3.91. The molecule has 13 heavy (non-hydrogen) atoms. The van der Waals surface area contributed by atoms with Crippen molar-refractivity contribution < 1.29 is 0 Å². The molecular weight excluding hydrogens is 164 g/mol. The van der Waals surface area contributed by atoms with E-state index in [0.29, 0.717) is 22.7 Å². The van der Waals surface area contributed by atoms with Gasteiger partial charge in [-0.2, -0.15) is 0 Å². The van der Waals surface area contributed by atoms with Crippen molar-refractivity contribution in [2.24, 2.45) is 4.99 Å². The van der Waals surface area contributed by atoms with Crippen LogP contribution in [0.3, 0.4) is 0 Å². The summed E-state index contributed by atoms with van der Waals surface area (Å²) in [6, 6.07) is 0. The third-order valence-electron chi connectivity index (χ3n) is 2.33. The predicted molar refractivity (Wildman–Crippen MR) is 58.4 cm³/mol. The third kappa shape index (κ3) is 1.20. The van der Waals surface area contributed by atoms with E-state index in [2.05, 4.69) is 11.7 Å². The largest absolute Gasteiger partial charge is 0.397 e. The summed E-state index contributed by atoms with van der Waals surface area (Å²) in [6.07, 6.45) is 0. The predicted octanol–water partition coefficient (Wildman–Crippen LogP) is 1.38. The lowest BCUT2D eigenvalue weighted by Gasteiger charge is -2.13. The molecule has 0 bridgehead atoms. The van der Waals surface area contributed by atoms with Crippen molar-refractivity contribution in [1.29, 1.82) is 0 Å². The highest BCUT2D eigenvalue weighted by Gasteiger charge is 2.12. The van der Waals surface area contributed by atoms with Gasteiger partial charge in [-0.05, 0) is 31.7 Å². The molecule has 1 aromatic carbocycles. The van der Waals surface area contributed by atoms with Crippen LogP contribution in [-0.2, 0) is 0 Å². The minimum absolute atomic E-state index is 0.413. The molecule has 1 rings (SSSR count). The van der Waals surface area contributed by atoms with Crippen molar-refractivity contribution in [3.8, 4) is 0 Å². The Morgan fingerprint density at radius 2 is 1.38 bits per heavy atom. The van der Waals surface area contributed by atoms with Crippen molar-refractivity contribution in [2.45, 2.75) is 13.8 Å². The molecule has 0 saturated carbocycles. The highest BCUT2D eigenvalue weighted by Crippen LogP contribution is 2.39. The van der Waals surface area contributed by atoms with Crippen LogP contribution in [0.4, 0.5) is 22.7 Å². The smallest absolute Gasteiger partial charge is 0.110 e. The van der Waals surface area contributed by atoms with Gasteiger partial charge in [-0.25, -0.2) is 0 Å². The summed E-state index contributed by atoms with van der Waals surface area (Å²) in [7, 11) is 0. The van der Waals surface area contributed by atoms with Gasteiger partial charge in [0, 0.05) is 0 Å². The summed E-state index contributed by atoms with van der Waals surface area (Å²) < 4.78 is 0. The zero-order valence-corrected chi connectivity index (χ0v) is 7.89. The van der Waals surface area contributed by atoms with E-state index in [9.17, 15) is 0 Å². The van der Waals surface area contributed by atoms with E-state index in [4.69, 9.17) is 17.2 Å². The Morgan fingerprint density at radius 1 is 0.923 bits per heavy atom. The Balaban J connectivity index is 3.66. The van der Waals surface area contributed by atoms with Crippen molar-refractivity contribution in [1.82, 2.24) is 0 Å². The molecule has 0 atom stereocenters. The van der Waals surface area contributed by atoms with Gasteiger partial charge in [-0.3, -0.25) is 4.99 Å². The molecule has 0 unspecified atom stereocenters. The Labute approximate surface area is 77.4 Å². The maximum Gasteiger partial charge on any atom is 0.110 e. The maximum absolute atomic E-state index is 5.79. The molecule has 4 nitrogen and oxygen atoms in total. The van der Waals surface area contributed by atoms with E-state index in [1.165, 1.54) is 0 Å². The van der Waals surface area contributed by atoms with Crippen LogP contribution in [0, 0.1) is 13.8 Å². The minimum Gasteiger partial charge on any atom is -0.397 e. The monoisotopic (exact) mass is 178 g/mol. The normalized spacial score (nSPS) is 10.0. The third-order valence-corrected chi connectivity index (χ3v) is 2.33. The second kappa shape index (κ2) is 2.97. The molecule has 0 spiro atoms. The number of hydrogen-bond acceptors (Lipinski definition) is 4. The molecule has 0 fully saturated rings. The van der Waals surface area contributed by atoms with Crippen LogP contribution in [0.1, 0.15) is 11.1 Å². The second-order valence-corrected chi connectivity index (χ2v) is 3.00. The van der Waals surface area contributed by atoms with Crippen molar-refractivity contribution >= 4 is 29.5 Å². The fraction of sp³-hybridized carbons (Fsp3) is 0.222. The number of hydrogen-bond donors (Lipinski definition) is 3. The molecule has 0 heterocycles. The highest BCUT2D eigenvalue weighted by atomic mass is 14.8. The molecule has 4 heteroatoms. The summed E-state index contributed by atoms with van der Waals surface area (Å²) in [6.45, 7) is 7.16. The van der Waals surface area contributed by atoms with Crippen LogP contribution < -0.4 is 17.2 Å². The van der Waals surface area contributed by atoms with E-state index >= 15 is 0 Å². The van der Waals surface area contributed by atoms with Gasteiger partial charge in [-0.15, -0.1) is 0 Å². The fourth-order valence-electron chi connectivity index (χ4n) is 1.23. The number of nitrogens with zero attached hydrogens (tertiary/aromatic N) is 1. The van der Waals surface area contributed by atoms with Gasteiger partial charge < -0.3 is 17.2 Å². The van der Waals surface area contributed by atoms with E-state index in [1.807, 2.05) is 13.8 Å². The van der Waals surface area contributed by atoms with Crippen LogP contribution in [0.15, 0.2) is 4.99 Å². The zero-order chi connectivity index (χ0) is 10.2. The van der Waals surface area contributed by atoms with Gasteiger partial charge in [0.1, 0.15) is 5.69 Å². The first-order chi connectivity index (χ1) is 6.00. The Morgan fingerprint density at radius 3 is 1.85 bits per heavy atom. The summed E-state index contributed by atoms with van der Waals surface area (Å²) >= 11 is 0. The number of nitrogen functional groups attached to an aromatic ring is 3. The SMILES string of the molecule is C=Nc1c(N)c(C)c(C)c(N)c1N. The summed E-state index contributed by atoms with van der Waals surface area (Å²) in [4.78, 5) is 3.75. The summed E-state index contributed by atoms with van der Waals surface area (Å²) in [5.74, 6) is 0. The van der Waals surface area contributed by atoms with Gasteiger partial charge in [0.2, 0.25) is 0 Å². The molecule has 1 aromatic rings. The molecule has 0 aliphatic carbocycles.